The molecule has 1 heterocycles. The first-order valence-electron chi connectivity index (χ1n) is 4.75. The summed E-state index contributed by atoms with van der Waals surface area (Å²) in [5.74, 6) is 0.185. The van der Waals surface area contributed by atoms with Crippen molar-refractivity contribution in [3.05, 3.63) is 20.8 Å². The monoisotopic (exact) mass is 290 g/mol. The summed E-state index contributed by atoms with van der Waals surface area (Å²) in [5, 5.41) is 3.06. The Bertz CT molecular complexity index is 327. The Kier molecular flexibility index (Phi) is 5.45. The number of hydrogen-bond donors (Lipinski definition) is 1. The van der Waals surface area contributed by atoms with Crippen LogP contribution in [-0.4, -0.2) is 44.4 Å². The van der Waals surface area contributed by atoms with E-state index in [1.165, 1.54) is 11.3 Å². The normalized spacial score (nSPS) is 10.9. The van der Waals surface area contributed by atoms with E-state index in [9.17, 15) is 4.79 Å². The zero-order valence-electron chi connectivity index (χ0n) is 8.92. The van der Waals surface area contributed by atoms with Gasteiger partial charge in [-0.25, -0.2) is 0 Å². The summed E-state index contributed by atoms with van der Waals surface area (Å²) >= 11 is 4.84. The van der Waals surface area contributed by atoms with Crippen LogP contribution in [0.25, 0.3) is 0 Å². The van der Waals surface area contributed by atoms with Crippen molar-refractivity contribution in [1.82, 2.24) is 10.2 Å². The Morgan fingerprint density at radius 1 is 1.60 bits per heavy atom. The molecule has 0 unspecified atom stereocenters. The molecular formula is C10H15BrN2OS. The van der Waals surface area contributed by atoms with Crippen molar-refractivity contribution in [3.8, 4) is 0 Å². The quantitative estimate of drug-likeness (QED) is 0.812. The largest absolute Gasteiger partial charge is 0.318 e. The second kappa shape index (κ2) is 6.37. The molecule has 0 radical (unpaired) electrons. The Balaban J connectivity index is 2.42. The van der Waals surface area contributed by atoms with Crippen LogP contribution in [0.3, 0.4) is 0 Å². The van der Waals surface area contributed by atoms with E-state index in [2.05, 4.69) is 21.2 Å². The van der Waals surface area contributed by atoms with Crippen molar-refractivity contribution in [3.63, 3.8) is 0 Å². The van der Waals surface area contributed by atoms with Gasteiger partial charge in [0.25, 0.3) is 0 Å². The summed E-state index contributed by atoms with van der Waals surface area (Å²) in [6.45, 7) is 2.27. The molecule has 0 bridgehead atoms. The van der Waals surface area contributed by atoms with Gasteiger partial charge in [0.05, 0.1) is 15.2 Å². The SMILES string of the molecule is CNCCN(C)CC(=O)c1ccc(Br)s1. The average molecular weight is 291 g/mol. The molecule has 3 nitrogen and oxygen atoms in total. The highest BCUT2D eigenvalue weighted by Crippen LogP contribution is 2.22. The molecule has 0 aliphatic rings. The maximum Gasteiger partial charge on any atom is 0.186 e. The smallest absolute Gasteiger partial charge is 0.186 e. The second-order valence-electron chi connectivity index (χ2n) is 3.37. The molecule has 1 aromatic rings. The second-order valence-corrected chi connectivity index (χ2v) is 5.83. The Labute approximate surface area is 103 Å². The number of likely N-dealkylation sites (N-methyl/N-ethyl adjacent to an activating group) is 2. The molecule has 15 heavy (non-hydrogen) atoms. The number of thiophene rings is 1. The molecule has 0 spiro atoms. The van der Waals surface area contributed by atoms with Crippen LogP contribution in [0, 0.1) is 0 Å². The van der Waals surface area contributed by atoms with E-state index in [0.717, 1.165) is 21.8 Å². The molecule has 0 saturated carbocycles. The molecule has 0 fully saturated rings. The first-order chi connectivity index (χ1) is 7.13. The zero-order chi connectivity index (χ0) is 11.3. The third-order valence-corrected chi connectivity index (χ3v) is 3.67. The van der Waals surface area contributed by atoms with Crippen molar-refractivity contribution >= 4 is 33.0 Å². The van der Waals surface area contributed by atoms with Crippen molar-refractivity contribution in [2.45, 2.75) is 0 Å². The number of nitrogens with zero attached hydrogens (tertiary/aromatic N) is 1. The van der Waals surface area contributed by atoms with Crippen LogP contribution in [0.15, 0.2) is 15.9 Å². The molecule has 1 N–H and O–H groups in total. The van der Waals surface area contributed by atoms with Gasteiger partial charge in [-0.1, -0.05) is 0 Å². The Morgan fingerprint density at radius 3 is 2.87 bits per heavy atom. The molecule has 0 atom stereocenters. The van der Waals surface area contributed by atoms with Gasteiger partial charge in [-0.15, -0.1) is 11.3 Å². The molecule has 0 aliphatic heterocycles. The van der Waals surface area contributed by atoms with E-state index in [0.29, 0.717) is 6.54 Å². The van der Waals surface area contributed by atoms with Crippen LogP contribution in [-0.2, 0) is 0 Å². The lowest BCUT2D eigenvalue weighted by molar-refractivity contribution is 0.0951. The Morgan fingerprint density at radius 2 is 2.33 bits per heavy atom. The first-order valence-corrected chi connectivity index (χ1v) is 6.36. The van der Waals surface area contributed by atoms with Gasteiger partial charge in [0, 0.05) is 13.1 Å². The van der Waals surface area contributed by atoms with Crippen LogP contribution in [0.1, 0.15) is 9.67 Å². The topological polar surface area (TPSA) is 32.3 Å². The fraction of sp³-hybridized carbons (Fsp3) is 0.500. The molecule has 5 heteroatoms. The highest BCUT2D eigenvalue weighted by Gasteiger charge is 2.10. The van der Waals surface area contributed by atoms with Gasteiger partial charge < -0.3 is 5.32 Å². The van der Waals surface area contributed by atoms with E-state index in [1.807, 2.05) is 31.1 Å². The summed E-state index contributed by atoms with van der Waals surface area (Å²) in [6, 6.07) is 3.77. The lowest BCUT2D eigenvalue weighted by Gasteiger charge is -2.14. The number of carbonyl (C=O) groups is 1. The lowest BCUT2D eigenvalue weighted by atomic mass is 10.3. The van der Waals surface area contributed by atoms with Gasteiger partial charge in [0.15, 0.2) is 5.78 Å². The van der Waals surface area contributed by atoms with Gasteiger partial charge in [-0.3, -0.25) is 9.69 Å². The third-order valence-electron chi connectivity index (χ3n) is 2.01. The number of halogens is 1. The maximum absolute atomic E-state index is 11.8. The van der Waals surface area contributed by atoms with Gasteiger partial charge in [-0.05, 0) is 42.2 Å². The van der Waals surface area contributed by atoms with E-state index in [-0.39, 0.29) is 5.78 Å². The van der Waals surface area contributed by atoms with Crippen LogP contribution < -0.4 is 5.32 Å². The zero-order valence-corrected chi connectivity index (χ0v) is 11.3. The summed E-state index contributed by atoms with van der Waals surface area (Å²) in [6.07, 6.45) is 0. The summed E-state index contributed by atoms with van der Waals surface area (Å²) < 4.78 is 1.00. The van der Waals surface area contributed by atoms with E-state index in [1.54, 1.807) is 0 Å². The summed E-state index contributed by atoms with van der Waals surface area (Å²) in [4.78, 5) is 14.6. The number of rotatable bonds is 6. The van der Waals surface area contributed by atoms with Gasteiger partial charge in [0.2, 0.25) is 0 Å². The minimum absolute atomic E-state index is 0.185. The standard InChI is InChI=1S/C10H15BrN2OS/c1-12-5-6-13(2)7-8(14)9-3-4-10(11)15-9/h3-4,12H,5-7H2,1-2H3. The van der Waals surface area contributed by atoms with Crippen molar-refractivity contribution in [1.29, 1.82) is 0 Å². The third kappa shape index (κ3) is 4.42. The fourth-order valence-corrected chi connectivity index (χ4v) is 2.48. The van der Waals surface area contributed by atoms with E-state index < -0.39 is 0 Å². The van der Waals surface area contributed by atoms with Crippen LogP contribution in [0.2, 0.25) is 0 Å². The van der Waals surface area contributed by atoms with Crippen LogP contribution >= 0.6 is 27.3 Å². The molecule has 1 aromatic heterocycles. The predicted octanol–water partition coefficient (Wildman–Crippen LogP) is 1.84. The molecule has 84 valence electrons. The minimum atomic E-state index is 0.185. The molecule has 0 amide bonds. The molecular weight excluding hydrogens is 276 g/mol. The molecule has 1 rings (SSSR count). The molecule has 0 aliphatic carbocycles. The van der Waals surface area contributed by atoms with Gasteiger partial charge in [-0.2, -0.15) is 0 Å². The Hall–Kier alpha value is -0.230. The van der Waals surface area contributed by atoms with Crippen molar-refractivity contribution in [2.24, 2.45) is 0 Å². The van der Waals surface area contributed by atoms with Crippen molar-refractivity contribution in [2.75, 3.05) is 33.7 Å². The highest BCUT2D eigenvalue weighted by atomic mass is 79.9. The van der Waals surface area contributed by atoms with E-state index >= 15 is 0 Å². The number of nitrogens with one attached hydrogen (secondary N) is 1. The number of Topliss-reactive ketones (excluding diaryl/α,β-unsaturated/α-hetero) is 1. The maximum atomic E-state index is 11.8. The van der Waals surface area contributed by atoms with Crippen LogP contribution in [0.5, 0.6) is 0 Å². The highest BCUT2D eigenvalue weighted by molar-refractivity contribution is 9.11. The van der Waals surface area contributed by atoms with E-state index in [4.69, 9.17) is 0 Å². The lowest BCUT2D eigenvalue weighted by Crippen LogP contribution is -2.31. The predicted molar refractivity (Wildman–Crippen MR) is 67.8 cm³/mol. The fourth-order valence-electron chi connectivity index (χ4n) is 1.17. The van der Waals surface area contributed by atoms with Gasteiger partial charge in [0.1, 0.15) is 0 Å². The number of hydrogen-bond acceptors (Lipinski definition) is 4. The van der Waals surface area contributed by atoms with Crippen LogP contribution in [0.4, 0.5) is 0 Å². The number of carbonyl (C=O) groups excluding carboxylic acids is 1. The van der Waals surface area contributed by atoms with Crippen molar-refractivity contribution < 1.29 is 4.79 Å². The minimum Gasteiger partial charge on any atom is -0.318 e. The van der Waals surface area contributed by atoms with Gasteiger partial charge >= 0.3 is 0 Å². The average Bonchev–Trinajstić information content (AvgIpc) is 2.61. The first kappa shape index (κ1) is 12.8. The summed E-state index contributed by atoms with van der Waals surface area (Å²) in [5.41, 5.74) is 0. The molecule has 0 aromatic carbocycles. The number of ketones is 1. The summed E-state index contributed by atoms with van der Waals surface area (Å²) in [7, 11) is 3.87. The molecule has 0 saturated heterocycles.